The highest BCUT2D eigenvalue weighted by molar-refractivity contribution is 5.79. The van der Waals surface area contributed by atoms with Crippen LogP contribution in [0.4, 0.5) is 8.78 Å². The Hall–Kier alpha value is -2.67. The summed E-state index contributed by atoms with van der Waals surface area (Å²) in [5.41, 5.74) is 3.09. The second-order valence-electron chi connectivity index (χ2n) is 6.35. The fourth-order valence-corrected chi connectivity index (χ4v) is 2.98. The molecule has 0 spiro atoms. The van der Waals surface area contributed by atoms with Crippen LogP contribution < -0.4 is 15.4 Å². The standard InChI is InChI=1S/C20H23F2N3O2/c1-13-7-14(3-4-18(13)22)10-25-20(23-2)24-6-5-15-8-17(21)9-16-11-26-12-27-19(15)16/h3-4,7-9H,5-6,10-12H2,1-2H3,(H2,23,24,25). The summed E-state index contributed by atoms with van der Waals surface area (Å²) in [4.78, 5) is 4.17. The second kappa shape index (κ2) is 8.81. The number of hydrogen-bond donors (Lipinski definition) is 2. The van der Waals surface area contributed by atoms with E-state index in [4.69, 9.17) is 9.47 Å². The molecule has 0 aliphatic carbocycles. The molecule has 0 saturated carbocycles. The third-order valence-corrected chi connectivity index (χ3v) is 4.34. The molecule has 2 aromatic rings. The van der Waals surface area contributed by atoms with Gasteiger partial charge >= 0.3 is 0 Å². The van der Waals surface area contributed by atoms with Gasteiger partial charge in [-0.25, -0.2) is 8.78 Å². The molecule has 0 bridgehead atoms. The molecule has 1 heterocycles. The van der Waals surface area contributed by atoms with Crippen molar-refractivity contribution in [1.82, 2.24) is 10.6 Å². The third kappa shape index (κ3) is 4.95. The van der Waals surface area contributed by atoms with Crippen molar-refractivity contribution in [3.8, 4) is 5.75 Å². The minimum atomic E-state index is -0.299. The van der Waals surface area contributed by atoms with Crippen LogP contribution in [-0.2, 0) is 24.3 Å². The van der Waals surface area contributed by atoms with Crippen LogP contribution in [-0.4, -0.2) is 26.3 Å². The van der Waals surface area contributed by atoms with Crippen LogP contribution in [0, 0.1) is 18.6 Å². The largest absolute Gasteiger partial charge is 0.467 e. The third-order valence-electron chi connectivity index (χ3n) is 4.34. The van der Waals surface area contributed by atoms with E-state index in [9.17, 15) is 8.78 Å². The molecule has 0 amide bonds. The van der Waals surface area contributed by atoms with E-state index in [0.717, 1.165) is 16.7 Å². The number of benzene rings is 2. The molecule has 0 aromatic heterocycles. The molecule has 0 fully saturated rings. The molecule has 3 rings (SSSR count). The zero-order valence-electron chi connectivity index (χ0n) is 15.4. The van der Waals surface area contributed by atoms with Gasteiger partial charge in [0.2, 0.25) is 0 Å². The molecule has 1 aliphatic rings. The Morgan fingerprint density at radius 2 is 2.04 bits per heavy atom. The molecule has 2 N–H and O–H groups in total. The molecular weight excluding hydrogens is 352 g/mol. The summed E-state index contributed by atoms with van der Waals surface area (Å²) in [5, 5.41) is 6.38. The van der Waals surface area contributed by atoms with E-state index in [2.05, 4.69) is 15.6 Å². The smallest absolute Gasteiger partial charge is 0.191 e. The van der Waals surface area contributed by atoms with Gasteiger partial charge in [-0.15, -0.1) is 0 Å². The van der Waals surface area contributed by atoms with Crippen molar-refractivity contribution < 1.29 is 18.3 Å². The summed E-state index contributed by atoms with van der Waals surface area (Å²) in [6.07, 6.45) is 0.580. The number of nitrogens with one attached hydrogen (secondary N) is 2. The zero-order chi connectivity index (χ0) is 19.2. The lowest BCUT2D eigenvalue weighted by atomic mass is 10.1. The Morgan fingerprint density at radius 3 is 2.81 bits per heavy atom. The van der Waals surface area contributed by atoms with E-state index >= 15 is 0 Å². The number of guanidine groups is 1. The normalized spacial score (nSPS) is 13.7. The molecule has 5 nitrogen and oxygen atoms in total. The first-order chi connectivity index (χ1) is 13.1. The van der Waals surface area contributed by atoms with E-state index in [0.29, 0.717) is 43.4 Å². The van der Waals surface area contributed by atoms with Gasteiger partial charge in [0.1, 0.15) is 17.4 Å². The van der Waals surface area contributed by atoms with Crippen molar-refractivity contribution in [2.75, 3.05) is 20.4 Å². The van der Waals surface area contributed by atoms with E-state index in [1.54, 1.807) is 26.1 Å². The van der Waals surface area contributed by atoms with Crippen molar-refractivity contribution in [1.29, 1.82) is 0 Å². The van der Waals surface area contributed by atoms with E-state index in [1.807, 2.05) is 0 Å². The maximum Gasteiger partial charge on any atom is 0.191 e. The number of halogens is 2. The Balaban J connectivity index is 1.54. The summed E-state index contributed by atoms with van der Waals surface area (Å²) in [7, 11) is 1.68. The van der Waals surface area contributed by atoms with Crippen LogP contribution in [0.15, 0.2) is 35.3 Å². The van der Waals surface area contributed by atoms with Gasteiger partial charge in [-0.05, 0) is 48.2 Å². The first-order valence-electron chi connectivity index (χ1n) is 8.78. The highest BCUT2D eigenvalue weighted by Gasteiger charge is 2.16. The number of nitrogens with zero attached hydrogens (tertiary/aromatic N) is 1. The molecule has 1 aliphatic heterocycles. The van der Waals surface area contributed by atoms with Gasteiger partial charge in [-0.1, -0.05) is 12.1 Å². The monoisotopic (exact) mass is 375 g/mol. The Kier molecular flexibility index (Phi) is 6.24. The fourth-order valence-electron chi connectivity index (χ4n) is 2.98. The van der Waals surface area contributed by atoms with Crippen LogP contribution in [0.3, 0.4) is 0 Å². The first-order valence-corrected chi connectivity index (χ1v) is 8.78. The number of aryl methyl sites for hydroxylation is 1. The number of rotatable bonds is 5. The van der Waals surface area contributed by atoms with Gasteiger partial charge in [-0.3, -0.25) is 4.99 Å². The molecular formula is C20H23F2N3O2. The fraction of sp³-hybridized carbons (Fsp3) is 0.350. The zero-order valence-corrected chi connectivity index (χ0v) is 15.4. The number of hydrogen-bond acceptors (Lipinski definition) is 3. The van der Waals surface area contributed by atoms with Gasteiger partial charge in [0.25, 0.3) is 0 Å². The van der Waals surface area contributed by atoms with Gasteiger partial charge in [-0.2, -0.15) is 0 Å². The number of ether oxygens (including phenoxy) is 2. The minimum absolute atomic E-state index is 0.180. The lowest BCUT2D eigenvalue weighted by molar-refractivity contribution is -0.0172. The Bertz CT molecular complexity index is 840. The lowest BCUT2D eigenvalue weighted by Gasteiger charge is -2.21. The Labute approximate surface area is 157 Å². The average Bonchev–Trinajstić information content (AvgIpc) is 2.67. The quantitative estimate of drug-likeness (QED) is 0.623. The van der Waals surface area contributed by atoms with Gasteiger partial charge < -0.3 is 20.1 Å². The topological polar surface area (TPSA) is 54.9 Å². The molecule has 7 heteroatoms. The molecule has 0 unspecified atom stereocenters. The van der Waals surface area contributed by atoms with Gasteiger partial charge in [0.15, 0.2) is 12.8 Å². The van der Waals surface area contributed by atoms with Crippen molar-refractivity contribution in [2.45, 2.75) is 26.5 Å². The molecule has 0 atom stereocenters. The molecule has 0 saturated heterocycles. The predicted molar refractivity (Wildman–Crippen MR) is 99.7 cm³/mol. The summed E-state index contributed by atoms with van der Waals surface area (Å²) in [6, 6.07) is 7.92. The predicted octanol–water partition coefficient (Wildman–Crippen LogP) is 3.05. The summed E-state index contributed by atoms with van der Waals surface area (Å²) < 4.78 is 37.8. The molecule has 144 valence electrons. The lowest BCUT2D eigenvalue weighted by Crippen LogP contribution is -2.38. The van der Waals surface area contributed by atoms with Crippen LogP contribution >= 0.6 is 0 Å². The van der Waals surface area contributed by atoms with Crippen LogP contribution in [0.2, 0.25) is 0 Å². The second-order valence-corrected chi connectivity index (χ2v) is 6.35. The minimum Gasteiger partial charge on any atom is -0.467 e. The maximum absolute atomic E-state index is 13.8. The van der Waals surface area contributed by atoms with E-state index < -0.39 is 0 Å². The van der Waals surface area contributed by atoms with Crippen LogP contribution in [0.25, 0.3) is 0 Å². The summed E-state index contributed by atoms with van der Waals surface area (Å²) in [6.45, 7) is 3.35. The number of fused-ring (bicyclic) bond motifs is 1. The molecule has 27 heavy (non-hydrogen) atoms. The van der Waals surface area contributed by atoms with Crippen molar-refractivity contribution in [2.24, 2.45) is 4.99 Å². The van der Waals surface area contributed by atoms with Gasteiger partial charge in [0.05, 0.1) is 6.61 Å². The van der Waals surface area contributed by atoms with Crippen LogP contribution in [0.5, 0.6) is 5.75 Å². The highest BCUT2D eigenvalue weighted by atomic mass is 19.1. The van der Waals surface area contributed by atoms with Gasteiger partial charge in [0, 0.05) is 25.7 Å². The highest BCUT2D eigenvalue weighted by Crippen LogP contribution is 2.29. The van der Waals surface area contributed by atoms with E-state index in [1.165, 1.54) is 18.2 Å². The average molecular weight is 375 g/mol. The van der Waals surface area contributed by atoms with E-state index in [-0.39, 0.29) is 18.4 Å². The first kappa shape index (κ1) is 19.1. The summed E-state index contributed by atoms with van der Waals surface area (Å²) in [5.74, 6) is 0.806. The number of aliphatic imine (C=N–C) groups is 1. The van der Waals surface area contributed by atoms with Crippen molar-refractivity contribution in [3.05, 3.63) is 64.2 Å². The summed E-state index contributed by atoms with van der Waals surface area (Å²) >= 11 is 0. The molecule has 0 radical (unpaired) electrons. The Morgan fingerprint density at radius 1 is 1.19 bits per heavy atom. The van der Waals surface area contributed by atoms with Crippen molar-refractivity contribution >= 4 is 5.96 Å². The maximum atomic E-state index is 13.8. The molecule has 2 aromatic carbocycles. The SMILES string of the molecule is CN=C(NCCc1cc(F)cc2c1OCOC2)NCc1ccc(F)c(C)c1. The van der Waals surface area contributed by atoms with Crippen LogP contribution in [0.1, 0.15) is 22.3 Å². The van der Waals surface area contributed by atoms with Crippen molar-refractivity contribution in [3.63, 3.8) is 0 Å².